The van der Waals surface area contributed by atoms with Crippen molar-refractivity contribution >= 4 is 5.97 Å². The van der Waals surface area contributed by atoms with Gasteiger partial charge in [-0.1, -0.05) is 48.5 Å². The van der Waals surface area contributed by atoms with Crippen LogP contribution in [0.3, 0.4) is 0 Å². The molecule has 2 atom stereocenters. The zero-order chi connectivity index (χ0) is 24.5. The molecule has 4 aliphatic rings. The topological polar surface area (TPSA) is 38.8 Å². The minimum Gasteiger partial charge on any atom is -1.00 e. The number of quaternary nitrogens is 1. The number of hydrogen-bond acceptors (Lipinski definition) is 4. The van der Waals surface area contributed by atoms with Crippen molar-refractivity contribution in [2.75, 3.05) is 39.3 Å². The number of benzene rings is 2. The van der Waals surface area contributed by atoms with Gasteiger partial charge in [0.1, 0.15) is 17.8 Å². The quantitative estimate of drug-likeness (QED) is 0.269. The molecule has 36 heavy (non-hydrogen) atoms. The number of piperidine rings is 3. The highest BCUT2D eigenvalue weighted by atomic mass is 79.9. The third-order valence-corrected chi connectivity index (χ3v) is 9.04. The van der Waals surface area contributed by atoms with Crippen LogP contribution in [0.2, 0.25) is 0 Å². The molecule has 2 bridgehead atoms. The maximum Gasteiger partial charge on any atom is 0.331 e. The Labute approximate surface area is 227 Å². The summed E-state index contributed by atoms with van der Waals surface area (Å²) < 4.78 is 13.5. The maximum atomic E-state index is 14.0. The molecule has 0 aliphatic carbocycles. The SMILES string of the molecule is CC1(C)CCN1C(C)(C(=O)O[C@H]1C[N+]2(CCCOc3ccccc3)CCC1CC2)c1ccccc1.[Br-]. The second-order valence-electron chi connectivity index (χ2n) is 11.6. The average molecular weight is 558 g/mol. The Morgan fingerprint density at radius 3 is 2.28 bits per heavy atom. The number of likely N-dealkylation sites (tertiary alicyclic amines) is 1. The number of esters is 1. The molecule has 0 N–H and O–H groups in total. The number of para-hydroxylation sites is 1. The molecule has 5 nitrogen and oxygen atoms in total. The normalized spacial score (nSPS) is 28.3. The van der Waals surface area contributed by atoms with Crippen LogP contribution >= 0.6 is 0 Å². The van der Waals surface area contributed by atoms with Crippen LogP contribution < -0.4 is 21.7 Å². The number of carbonyl (C=O) groups excluding carboxylic acids is 1. The van der Waals surface area contributed by atoms with Gasteiger partial charge in [0.15, 0.2) is 6.10 Å². The zero-order valence-corrected chi connectivity index (χ0v) is 23.6. The molecule has 2 aromatic carbocycles. The summed E-state index contributed by atoms with van der Waals surface area (Å²) in [5.74, 6) is 1.34. The number of ether oxygens (including phenoxy) is 2. The lowest BCUT2D eigenvalue weighted by Crippen LogP contribution is -3.00. The van der Waals surface area contributed by atoms with Crippen molar-refractivity contribution in [3.63, 3.8) is 0 Å². The number of hydrogen-bond donors (Lipinski definition) is 0. The van der Waals surface area contributed by atoms with Crippen LogP contribution in [0.4, 0.5) is 0 Å². The van der Waals surface area contributed by atoms with Crippen LogP contribution in [-0.4, -0.2) is 66.3 Å². The van der Waals surface area contributed by atoms with Crippen LogP contribution in [0.15, 0.2) is 60.7 Å². The Hall–Kier alpha value is -1.89. The fraction of sp³-hybridized carbons (Fsp3) is 0.567. The molecular formula is C30H41BrN2O3. The summed E-state index contributed by atoms with van der Waals surface area (Å²) in [6, 6.07) is 20.3. The highest BCUT2D eigenvalue weighted by molar-refractivity contribution is 5.82. The van der Waals surface area contributed by atoms with E-state index in [0.717, 1.165) is 67.7 Å². The van der Waals surface area contributed by atoms with Gasteiger partial charge >= 0.3 is 5.97 Å². The average Bonchev–Trinajstić information content (AvgIpc) is 2.88. The molecule has 0 radical (unpaired) electrons. The fourth-order valence-corrected chi connectivity index (χ4v) is 6.67. The molecule has 4 saturated heterocycles. The summed E-state index contributed by atoms with van der Waals surface area (Å²) in [7, 11) is 0. The van der Waals surface area contributed by atoms with Gasteiger partial charge < -0.3 is 30.9 Å². The van der Waals surface area contributed by atoms with Crippen LogP contribution in [0.5, 0.6) is 5.75 Å². The standard InChI is InChI=1S/C30H41N2O3.BrH/c1-29(2)17-18-31(29)30(3,25-11-6-4-7-12-25)28(33)35-27-23-32(20-15-24(27)16-21-32)19-10-22-34-26-13-8-5-9-14-26;/h4-9,11-14,24,27H,10,15-23H2,1-3H3;1H/q+1;/p-1/t24?,27-,30?,32?;/m0./s1. The van der Waals surface area contributed by atoms with Crippen LogP contribution in [0.1, 0.15) is 52.0 Å². The summed E-state index contributed by atoms with van der Waals surface area (Å²) in [5.41, 5.74) is 0.259. The molecule has 4 fully saturated rings. The van der Waals surface area contributed by atoms with E-state index < -0.39 is 5.54 Å². The van der Waals surface area contributed by atoms with Crippen molar-refractivity contribution < 1.29 is 35.7 Å². The number of halogens is 1. The minimum atomic E-state index is -0.761. The lowest BCUT2D eigenvalue weighted by Gasteiger charge is -2.57. The van der Waals surface area contributed by atoms with Gasteiger partial charge in [0.05, 0.1) is 26.2 Å². The highest BCUT2D eigenvalue weighted by Crippen LogP contribution is 2.44. The third kappa shape index (κ3) is 5.23. The van der Waals surface area contributed by atoms with Crippen molar-refractivity contribution in [2.45, 2.75) is 63.6 Å². The highest BCUT2D eigenvalue weighted by Gasteiger charge is 2.55. The number of nitrogens with zero attached hydrogens (tertiary/aromatic N) is 2. The lowest BCUT2D eigenvalue weighted by molar-refractivity contribution is -0.946. The van der Waals surface area contributed by atoms with E-state index >= 15 is 0 Å². The number of carbonyl (C=O) groups is 1. The van der Waals surface area contributed by atoms with Gasteiger partial charge in [0, 0.05) is 37.3 Å². The van der Waals surface area contributed by atoms with Crippen molar-refractivity contribution in [1.82, 2.24) is 4.90 Å². The monoisotopic (exact) mass is 556 g/mol. The van der Waals surface area contributed by atoms with E-state index in [1.807, 2.05) is 48.5 Å². The minimum absolute atomic E-state index is 0. The van der Waals surface area contributed by atoms with Crippen LogP contribution in [0.25, 0.3) is 0 Å². The molecular weight excluding hydrogens is 516 g/mol. The Kier molecular flexibility index (Phi) is 8.18. The van der Waals surface area contributed by atoms with Crippen LogP contribution in [0, 0.1) is 5.92 Å². The smallest absolute Gasteiger partial charge is 0.331 e. The Bertz CT molecular complexity index is 1010. The molecule has 0 saturated carbocycles. The molecule has 4 heterocycles. The van der Waals surface area contributed by atoms with Gasteiger partial charge in [0.2, 0.25) is 0 Å². The van der Waals surface area contributed by atoms with Crippen molar-refractivity contribution in [2.24, 2.45) is 5.92 Å². The fourth-order valence-electron chi connectivity index (χ4n) is 6.67. The molecule has 1 unspecified atom stereocenters. The Morgan fingerprint density at radius 2 is 1.69 bits per heavy atom. The summed E-state index contributed by atoms with van der Waals surface area (Å²) >= 11 is 0. The van der Waals surface area contributed by atoms with Gasteiger partial charge in [-0.15, -0.1) is 0 Å². The molecule has 0 spiro atoms. The van der Waals surface area contributed by atoms with Crippen LogP contribution in [-0.2, 0) is 15.1 Å². The Morgan fingerprint density at radius 1 is 1.06 bits per heavy atom. The van der Waals surface area contributed by atoms with E-state index in [1.165, 1.54) is 13.1 Å². The Balaban J connectivity index is 0.00000304. The molecule has 0 aromatic heterocycles. The van der Waals surface area contributed by atoms with Gasteiger partial charge in [-0.2, -0.15) is 0 Å². The summed E-state index contributed by atoms with van der Waals surface area (Å²) in [4.78, 5) is 16.3. The summed E-state index contributed by atoms with van der Waals surface area (Å²) in [6.07, 6.45) is 4.42. The van der Waals surface area contributed by atoms with Gasteiger partial charge in [-0.3, -0.25) is 4.90 Å². The molecule has 196 valence electrons. The first-order valence-corrected chi connectivity index (χ1v) is 13.4. The molecule has 4 aliphatic heterocycles. The molecule has 6 heteroatoms. The zero-order valence-electron chi connectivity index (χ0n) is 22.0. The van der Waals surface area contributed by atoms with E-state index in [1.54, 1.807) is 0 Å². The third-order valence-electron chi connectivity index (χ3n) is 9.04. The largest absolute Gasteiger partial charge is 1.00 e. The van der Waals surface area contributed by atoms with Crippen molar-refractivity contribution in [3.05, 3.63) is 66.2 Å². The first-order chi connectivity index (χ1) is 16.8. The second-order valence-corrected chi connectivity index (χ2v) is 11.6. The molecule has 6 rings (SSSR count). The van der Waals surface area contributed by atoms with E-state index in [0.29, 0.717) is 5.92 Å². The van der Waals surface area contributed by atoms with E-state index in [9.17, 15) is 4.79 Å². The predicted octanol–water partition coefficient (Wildman–Crippen LogP) is 2.01. The summed E-state index contributed by atoms with van der Waals surface area (Å²) in [6.45, 7) is 12.6. The number of fused-ring (bicyclic) bond motifs is 3. The van der Waals surface area contributed by atoms with Gasteiger partial charge in [0.25, 0.3) is 0 Å². The maximum absolute atomic E-state index is 14.0. The number of rotatable bonds is 9. The van der Waals surface area contributed by atoms with Gasteiger partial charge in [-0.25, -0.2) is 4.79 Å². The first-order valence-electron chi connectivity index (χ1n) is 13.4. The summed E-state index contributed by atoms with van der Waals surface area (Å²) in [5, 5.41) is 0. The van der Waals surface area contributed by atoms with Crippen molar-refractivity contribution in [3.8, 4) is 5.75 Å². The van der Waals surface area contributed by atoms with Gasteiger partial charge in [-0.05, 0) is 44.9 Å². The van der Waals surface area contributed by atoms with Crippen molar-refractivity contribution in [1.29, 1.82) is 0 Å². The molecule has 2 aromatic rings. The lowest BCUT2D eigenvalue weighted by atomic mass is 9.78. The predicted molar refractivity (Wildman–Crippen MR) is 138 cm³/mol. The first kappa shape index (κ1) is 27.2. The second kappa shape index (κ2) is 10.8. The van der Waals surface area contributed by atoms with E-state index in [4.69, 9.17) is 9.47 Å². The van der Waals surface area contributed by atoms with E-state index in [-0.39, 0.29) is 34.6 Å². The van der Waals surface area contributed by atoms with E-state index in [2.05, 4.69) is 37.8 Å². The molecule has 0 amide bonds.